The van der Waals surface area contributed by atoms with Gasteiger partial charge in [0, 0.05) is 25.2 Å². The molecule has 0 aromatic heterocycles. The maximum absolute atomic E-state index is 5.74. The minimum atomic E-state index is 0.355. The number of rotatable bonds is 2. The first kappa shape index (κ1) is 13.1. The van der Waals surface area contributed by atoms with Crippen LogP contribution in [-0.2, 0) is 11.3 Å². The summed E-state index contributed by atoms with van der Waals surface area (Å²) in [6.07, 6.45) is 2.69. The molecular weight excluding hydrogens is 236 g/mol. The molecule has 1 aromatic carbocycles. The molecule has 0 aliphatic carbocycles. The van der Waals surface area contributed by atoms with Crippen molar-refractivity contribution in [3.8, 4) is 0 Å². The molecule has 3 nitrogen and oxygen atoms in total. The number of ether oxygens (including phenoxy) is 1. The summed E-state index contributed by atoms with van der Waals surface area (Å²) in [5.74, 6) is 0. The van der Waals surface area contributed by atoms with E-state index < -0.39 is 0 Å². The molecule has 2 aliphatic rings. The van der Waals surface area contributed by atoms with Gasteiger partial charge in [0.1, 0.15) is 0 Å². The maximum atomic E-state index is 5.74. The Labute approximate surface area is 115 Å². The molecule has 19 heavy (non-hydrogen) atoms. The van der Waals surface area contributed by atoms with E-state index in [9.17, 15) is 0 Å². The molecule has 2 heterocycles. The van der Waals surface area contributed by atoms with Gasteiger partial charge in [0.05, 0.1) is 6.10 Å². The van der Waals surface area contributed by atoms with Crippen LogP contribution in [0.4, 0.5) is 0 Å². The lowest BCUT2D eigenvalue weighted by atomic mass is 9.96. The summed E-state index contributed by atoms with van der Waals surface area (Å²) in [6, 6.07) is 9.92. The SMILES string of the molecule is CC1OCCC1N(C)C1CCNCc2ccccc21. The second kappa shape index (κ2) is 5.61. The number of hydrogen-bond donors (Lipinski definition) is 1. The van der Waals surface area contributed by atoms with Gasteiger partial charge in [0.15, 0.2) is 0 Å². The van der Waals surface area contributed by atoms with E-state index in [4.69, 9.17) is 4.74 Å². The first-order chi connectivity index (χ1) is 9.27. The lowest BCUT2D eigenvalue weighted by Crippen LogP contribution is -2.39. The number of nitrogens with one attached hydrogen (secondary N) is 1. The number of benzene rings is 1. The average Bonchev–Trinajstić information content (AvgIpc) is 2.74. The molecule has 3 heteroatoms. The van der Waals surface area contributed by atoms with Gasteiger partial charge in [0.2, 0.25) is 0 Å². The van der Waals surface area contributed by atoms with Crippen LogP contribution in [0, 0.1) is 0 Å². The third-order valence-electron chi connectivity index (χ3n) is 4.68. The highest BCUT2D eigenvalue weighted by atomic mass is 16.5. The van der Waals surface area contributed by atoms with E-state index in [-0.39, 0.29) is 0 Å². The van der Waals surface area contributed by atoms with Gasteiger partial charge >= 0.3 is 0 Å². The van der Waals surface area contributed by atoms with Gasteiger partial charge < -0.3 is 10.1 Å². The summed E-state index contributed by atoms with van der Waals surface area (Å²) in [4.78, 5) is 2.55. The van der Waals surface area contributed by atoms with Crippen molar-refractivity contribution in [2.45, 2.75) is 44.5 Å². The first-order valence-electron chi connectivity index (χ1n) is 7.39. The van der Waals surface area contributed by atoms with Crippen molar-refractivity contribution in [3.63, 3.8) is 0 Å². The van der Waals surface area contributed by atoms with Crippen molar-refractivity contribution in [1.29, 1.82) is 0 Å². The van der Waals surface area contributed by atoms with E-state index in [0.717, 1.165) is 26.1 Å². The largest absolute Gasteiger partial charge is 0.377 e. The van der Waals surface area contributed by atoms with Gasteiger partial charge in [-0.1, -0.05) is 24.3 Å². The van der Waals surface area contributed by atoms with Crippen LogP contribution in [0.25, 0.3) is 0 Å². The molecule has 0 bridgehead atoms. The topological polar surface area (TPSA) is 24.5 Å². The molecule has 1 aromatic rings. The molecule has 1 N–H and O–H groups in total. The highest BCUT2D eigenvalue weighted by Gasteiger charge is 2.33. The van der Waals surface area contributed by atoms with E-state index >= 15 is 0 Å². The molecule has 3 atom stereocenters. The molecule has 0 saturated carbocycles. The van der Waals surface area contributed by atoms with Crippen LogP contribution in [0.2, 0.25) is 0 Å². The Bertz CT molecular complexity index is 435. The van der Waals surface area contributed by atoms with Crippen LogP contribution in [-0.4, -0.2) is 37.2 Å². The summed E-state index contributed by atoms with van der Waals surface area (Å²) >= 11 is 0. The fourth-order valence-corrected chi connectivity index (χ4v) is 3.55. The fraction of sp³-hybridized carbons (Fsp3) is 0.625. The molecule has 1 saturated heterocycles. The first-order valence-corrected chi connectivity index (χ1v) is 7.39. The van der Waals surface area contributed by atoms with Crippen LogP contribution in [0.1, 0.15) is 36.9 Å². The zero-order chi connectivity index (χ0) is 13.2. The van der Waals surface area contributed by atoms with Gasteiger partial charge in [-0.25, -0.2) is 0 Å². The highest BCUT2D eigenvalue weighted by Crippen LogP contribution is 2.32. The third kappa shape index (κ3) is 2.55. The number of fused-ring (bicyclic) bond motifs is 1. The predicted molar refractivity (Wildman–Crippen MR) is 77.1 cm³/mol. The maximum Gasteiger partial charge on any atom is 0.0703 e. The Morgan fingerprint density at radius 1 is 1.26 bits per heavy atom. The normalized spacial score (nSPS) is 31.2. The van der Waals surface area contributed by atoms with Gasteiger partial charge in [-0.15, -0.1) is 0 Å². The van der Waals surface area contributed by atoms with Gasteiger partial charge in [0.25, 0.3) is 0 Å². The van der Waals surface area contributed by atoms with Crippen molar-refractivity contribution < 1.29 is 4.74 Å². The van der Waals surface area contributed by atoms with Crippen LogP contribution in [0.5, 0.6) is 0 Å². The molecule has 3 rings (SSSR count). The number of nitrogens with zero attached hydrogens (tertiary/aromatic N) is 1. The number of likely N-dealkylation sites (N-methyl/N-ethyl adjacent to an activating group) is 1. The Hall–Kier alpha value is -0.900. The smallest absolute Gasteiger partial charge is 0.0703 e. The quantitative estimate of drug-likeness (QED) is 0.883. The Morgan fingerprint density at radius 2 is 2.11 bits per heavy atom. The van der Waals surface area contributed by atoms with Gasteiger partial charge in [-0.05, 0) is 44.5 Å². The van der Waals surface area contributed by atoms with Crippen LogP contribution < -0.4 is 5.32 Å². The van der Waals surface area contributed by atoms with Crippen molar-refractivity contribution in [3.05, 3.63) is 35.4 Å². The summed E-state index contributed by atoms with van der Waals surface area (Å²) in [6.45, 7) is 5.20. The number of hydrogen-bond acceptors (Lipinski definition) is 3. The van der Waals surface area contributed by atoms with E-state index in [2.05, 4.69) is 48.5 Å². The van der Waals surface area contributed by atoms with E-state index in [1.165, 1.54) is 17.5 Å². The molecule has 104 valence electrons. The summed E-state index contributed by atoms with van der Waals surface area (Å²) in [5.41, 5.74) is 2.94. The lowest BCUT2D eigenvalue weighted by molar-refractivity contribution is 0.0656. The lowest BCUT2D eigenvalue weighted by Gasteiger charge is -2.34. The monoisotopic (exact) mass is 260 g/mol. The Kier molecular flexibility index (Phi) is 3.87. The van der Waals surface area contributed by atoms with Crippen molar-refractivity contribution in [2.24, 2.45) is 0 Å². The summed E-state index contributed by atoms with van der Waals surface area (Å²) in [5, 5.41) is 3.53. The Balaban J connectivity index is 1.87. The second-order valence-electron chi connectivity index (χ2n) is 5.78. The standard InChI is InChI=1S/C16H24N2O/c1-12-15(8-10-19-12)18(2)16-7-9-17-11-13-5-3-4-6-14(13)16/h3-6,12,15-17H,7-11H2,1-2H3. The van der Waals surface area contributed by atoms with Crippen molar-refractivity contribution in [2.75, 3.05) is 20.2 Å². The minimum Gasteiger partial charge on any atom is -0.377 e. The van der Waals surface area contributed by atoms with Crippen LogP contribution in [0.15, 0.2) is 24.3 Å². The molecule has 1 fully saturated rings. The molecule has 0 spiro atoms. The molecule has 2 aliphatic heterocycles. The average molecular weight is 260 g/mol. The van der Waals surface area contributed by atoms with E-state index in [1.54, 1.807) is 0 Å². The van der Waals surface area contributed by atoms with E-state index in [1.807, 2.05) is 0 Å². The zero-order valence-electron chi connectivity index (χ0n) is 11.9. The molecular formula is C16H24N2O. The zero-order valence-corrected chi connectivity index (χ0v) is 11.9. The van der Waals surface area contributed by atoms with Gasteiger partial charge in [-0.3, -0.25) is 4.90 Å². The fourth-order valence-electron chi connectivity index (χ4n) is 3.55. The van der Waals surface area contributed by atoms with Crippen LogP contribution >= 0.6 is 0 Å². The molecule has 3 unspecified atom stereocenters. The highest BCUT2D eigenvalue weighted by molar-refractivity contribution is 5.31. The van der Waals surface area contributed by atoms with Crippen molar-refractivity contribution in [1.82, 2.24) is 10.2 Å². The Morgan fingerprint density at radius 3 is 2.89 bits per heavy atom. The van der Waals surface area contributed by atoms with E-state index in [0.29, 0.717) is 18.2 Å². The summed E-state index contributed by atoms with van der Waals surface area (Å²) in [7, 11) is 2.27. The molecule has 0 radical (unpaired) electrons. The minimum absolute atomic E-state index is 0.355. The predicted octanol–water partition coefficient (Wildman–Crippen LogP) is 2.33. The second-order valence-corrected chi connectivity index (χ2v) is 5.78. The van der Waals surface area contributed by atoms with Crippen molar-refractivity contribution >= 4 is 0 Å². The van der Waals surface area contributed by atoms with Gasteiger partial charge in [-0.2, -0.15) is 0 Å². The molecule has 0 amide bonds. The summed E-state index contributed by atoms with van der Waals surface area (Å²) < 4.78 is 5.74. The third-order valence-corrected chi connectivity index (χ3v) is 4.68. The van der Waals surface area contributed by atoms with Crippen LogP contribution in [0.3, 0.4) is 0 Å².